The molecule has 1 saturated carbocycles. The summed E-state index contributed by atoms with van der Waals surface area (Å²) in [6.45, 7) is 2.41. The van der Waals surface area contributed by atoms with Gasteiger partial charge in [-0.15, -0.1) is 0 Å². The molecule has 2 unspecified atom stereocenters. The van der Waals surface area contributed by atoms with Crippen molar-refractivity contribution in [2.75, 3.05) is 6.54 Å². The van der Waals surface area contributed by atoms with Crippen molar-refractivity contribution in [1.82, 2.24) is 4.72 Å². The van der Waals surface area contributed by atoms with Crippen molar-refractivity contribution >= 4 is 10.0 Å². The third-order valence-electron chi connectivity index (χ3n) is 3.50. The summed E-state index contributed by atoms with van der Waals surface area (Å²) in [6, 6.07) is 6.71. The Labute approximate surface area is 120 Å². The van der Waals surface area contributed by atoms with E-state index in [1.807, 2.05) is 0 Å². The van der Waals surface area contributed by atoms with Crippen LogP contribution in [0.15, 0.2) is 29.2 Å². The number of benzene rings is 1. The quantitative estimate of drug-likeness (QED) is 0.829. The highest BCUT2D eigenvalue weighted by atomic mass is 32.2. The van der Waals surface area contributed by atoms with Gasteiger partial charge >= 0.3 is 0 Å². The minimum Gasteiger partial charge on any atom is -0.320 e. The molecule has 1 aromatic rings. The third-order valence-corrected chi connectivity index (χ3v) is 5.01. The molecular formula is C15H20N2O2S. The first kappa shape index (κ1) is 15.0. The zero-order valence-corrected chi connectivity index (χ0v) is 12.4. The molecule has 2 rings (SSSR count). The summed E-state index contributed by atoms with van der Waals surface area (Å²) < 4.78 is 27.5. The maximum absolute atomic E-state index is 12.3. The minimum absolute atomic E-state index is 0.0498. The van der Waals surface area contributed by atoms with Crippen molar-refractivity contribution in [3.8, 4) is 11.8 Å². The number of rotatable bonds is 3. The SMILES string of the molecule is CC1CCC(NS(=O)(=O)c2cccc(C#CCN)c2)C1. The lowest BCUT2D eigenvalue weighted by atomic mass is 10.1. The molecule has 0 heterocycles. The van der Waals surface area contributed by atoms with E-state index in [0.717, 1.165) is 19.3 Å². The summed E-state index contributed by atoms with van der Waals surface area (Å²) in [7, 11) is -3.46. The number of nitrogens with one attached hydrogen (secondary N) is 1. The number of hydrogen-bond acceptors (Lipinski definition) is 3. The van der Waals surface area contributed by atoms with Crippen LogP contribution >= 0.6 is 0 Å². The molecule has 0 amide bonds. The molecule has 0 radical (unpaired) electrons. The maximum Gasteiger partial charge on any atom is 0.240 e. The van der Waals surface area contributed by atoms with Gasteiger partial charge in [0, 0.05) is 11.6 Å². The van der Waals surface area contributed by atoms with Crippen molar-refractivity contribution in [2.45, 2.75) is 37.1 Å². The van der Waals surface area contributed by atoms with Crippen LogP contribution in [0, 0.1) is 17.8 Å². The molecule has 0 bridgehead atoms. The van der Waals surface area contributed by atoms with Crippen LogP contribution in [0.1, 0.15) is 31.7 Å². The Kier molecular flexibility index (Phi) is 4.81. The number of nitrogens with two attached hydrogens (primary N) is 1. The fourth-order valence-corrected chi connectivity index (χ4v) is 3.82. The predicted molar refractivity (Wildman–Crippen MR) is 79.5 cm³/mol. The molecule has 2 atom stereocenters. The van der Waals surface area contributed by atoms with E-state index in [1.54, 1.807) is 24.3 Å². The second-order valence-corrected chi connectivity index (χ2v) is 6.98. The van der Waals surface area contributed by atoms with Gasteiger partial charge in [-0.25, -0.2) is 13.1 Å². The molecule has 0 aliphatic heterocycles. The highest BCUT2D eigenvalue weighted by molar-refractivity contribution is 7.89. The van der Waals surface area contributed by atoms with Gasteiger partial charge in [0.15, 0.2) is 0 Å². The normalized spacial score (nSPS) is 22.3. The van der Waals surface area contributed by atoms with Gasteiger partial charge in [-0.2, -0.15) is 0 Å². The second kappa shape index (κ2) is 6.40. The van der Waals surface area contributed by atoms with Crippen LogP contribution in [0.2, 0.25) is 0 Å². The lowest BCUT2D eigenvalue weighted by Gasteiger charge is -2.13. The average Bonchev–Trinajstić information content (AvgIpc) is 2.81. The van der Waals surface area contributed by atoms with E-state index < -0.39 is 10.0 Å². The number of sulfonamides is 1. The lowest BCUT2D eigenvalue weighted by molar-refractivity contribution is 0.538. The van der Waals surface area contributed by atoms with Crippen LogP contribution in [0.25, 0.3) is 0 Å². The van der Waals surface area contributed by atoms with Crippen molar-refractivity contribution in [3.05, 3.63) is 29.8 Å². The Morgan fingerprint density at radius 3 is 2.85 bits per heavy atom. The topological polar surface area (TPSA) is 72.2 Å². The summed E-state index contributed by atoms with van der Waals surface area (Å²) in [6.07, 6.45) is 2.90. The molecule has 1 aliphatic carbocycles. The fourth-order valence-electron chi connectivity index (χ4n) is 2.50. The Morgan fingerprint density at radius 2 is 2.20 bits per heavy atom. The van der Waals surface area contributed by atoms with Gasteiger partial charge in [0.2, 0.25) is 10.0 Å². The first-order chi connectivity index (χ1) is 9.51. The summed E-state index contributed by atoms with van der Waals surface area (Å²) in [4.78, 5) is 0.265. The smallest absolute Gasteiger partial charge is 0.240 e. The van der Waals surface area contributed by atoms with Crippen molar-refractivity contribution in [3.63, 3.8) is 0 Å². The molecule has 0 spiro atoms. The molecule has 1 aliphatic rings. The molecule has 5 heteroatoms. The van der Waals surface area contributed by atoms with Gasteiger partial charge in [0.05, 0.1) is 11.4 Å². The molecule has 1 fully saturated rings. The van der Waals surface area contributed by atoms with Gasteiger partial charge in [-0.1, -0.05) is 24.8 Å². The highest BCUT2D eigenvalue weighted by Crippen LogP contribution is 2.26. The molecule has 3 N–H and O–H groups in total. The maximum atomic E-state index is 12.3. The summed E-state index contributed by atoms with van der Waals surface area (Å²) >= 11 is 0. The first-order valence-electron chi connectivity index (χ1n) is 6.82. The molecule has 0 aromatic heterocycles. The lowest BCUT2D eigenvalue weighted by Crippen LogP contribution is -2.32. The van der Waals surface area contributed by atoms with E-state index in [2.05, 4.69) is 23.5 Å². The van der Waals surface area contributed by atoms with Crippen molar-refractivity contribution < 1.29 is 8.42 Å². The van der Waals surface area contributed by atoms with E-state index in [4.69, 9.17) is 5.73 Å². The van der Waals surface area contributed by atoms with E-state index in [1.165, 1.54) is 0 Å². The van der Waals surface area contributed by atoms with Gasteiger partial charge < -0.3 is 5.73 Å². The van der Waals surface area contributed by atoms with Gasteiger partial charge in [-0.05, 0) is 43.4 Å². The second-order valence-electron chi connectivity index (χ2n) is 5.27. The zero-order chi connectivity index (χ0) is 14.6. The van der Waals surface area contributed by atoms with Gasteiger partial charge in [0.25, 0.3) is 0 Å². The summed E-state index contributed by atoms with van der Waals surface area (Å²) in [5.74, 6) is 6.16. The minimum atomic E-state index is -3.46. The Balaban J connectivity index is 2.16. The first-order valence-corrected chi connectivity index (χ1v) is 8.31. The Hall–Kier alpha value is -1.35. The van der Waals surface area contributed by atoms with Gasteiger partial charge in [0.1, 0.15) is 0 Å². The Bertz CT molecular complexity index is 629. The van der Waals surface area contributed by atoms with Crippen LogP contribution < -0.4 is 10.5 Å². The van der Waals surface area contributed by atoms with E-state index in [9.17, 15) is 8.42 Å². The number of hydrogen-bond donors (Lipinski definition) is 2. The van der Waals surface area contributed by atoms with Crippen LogP contribution in [-0.2, 0) is 10.0 Å². The van der Waals surface area contributed by atoms with Crippen molar-refractivity contribution in [2.24, 2.45) is 11.7 Å². The Morgan fingerprint density at radius 1 is 1.40 bits per heavy atom. The van der Waals surface area contributed by atoms with Crippen LogP contribution in [0.3, 0.4) is 0 Å². The van der Waals surface area contributed by atoms with Crippen LogP contribution in [0.4, 0.5) is 0 Å². The monoisotopic (exact) mass is 292 g/mol. The van der Waals surface area contributed by atoms with Crippen LogP contribution in [0.5, 0.6) is 0 Å². The fraction of sp³-hybridized carbons (Fsp3) is 0.467. The largest absolute Gasteiger partial charge is 0.320 e. The van der Waals surface area contributed by atoms with Crippen molar-refractivity contribution in [1.29, 1.82) is 0 Å². The third kappa shape index (κ3) is 3.83. The molecule has 108 valence electrons. The average molecular weight is 292 g/mol. The standard InChI is InChI=1S/C15H20N2O2S/c1-12-7-8-14(10-12)17-20(18,19)15-6-2-4-13(11-15)5-3-9-16/h2,4,6,11-12,14,17H,7-10,16H2,1H3. The van der Waals surface area contributed by atoms with Gasteiger partial charge in [-0.3, -0.25) is 0 Å². The molecule has 4 nitrogen and oxygen atoms in total. The van der Waals surface area contributed by atoms with E-state index in [0.29, 0.717) is 11.5 Å². The molecular weight excluding hydrogens is 272 g/mol. The predicted octanol–water partition coefficient (Wildman–Crippen LogP) is 1.46. The molecule has 1 aromatic carbocycles. The van der Waals surface area contributed by atoms with E-state index >= 15 is 0 Å². The summed E-state index contributed by atoms with van der Waals surface area (Å²) in [5.41, 5.74) is 5.98. The molecule has 0 saturated heterocycles. The zero-order valence-electron chi connectivity index (χ0n) is 11.6. The molecule has 20 heavy (non-hydrogen) atoms. The van der Waals surface area contributed by atoms with E-state index in [-0.39, 0.29) is 17.5 Å². The summed E-state index contributed by atoms with van der Waals surface area (Å²) in [5, 5.41) is 0. The highest BCUT2D eigenvalue weighted by Gasteiger charge is 2.26. The van der Waals surface area contributed by atoms with Crippen LogP contribution in [-0.4, -0.2) is 21.0 Å².